The zero-order chi connectivity index (χ0) is 17.5. The molecule has 5 nitrogen and oxygen atoms in total. The van der Waals surface area contributed by atoms with Crippen molar-refractivity contribution in [2.75, 3.05) is 7.05 Å². The largest absolute Gasteiger partial charge is 0.352 e. The minimum atomic E-state index is -0.643. The highest BCUT2D eigenvalue weighted by molar-refractivity contribution is 5.79. The van der Waals surface area contributed by atoms with Gasteiger partial charge in [-0.25, -0.2) is 4.79 Å². The molecule has 3 N–H and O–H groups in total. The Morgan fingerprint density at radius 2 is 1.50 bits per heavy atom. The fourth-order valence-electron chi connectivity index (χ4n) is 2.60. The number of nitrogens with zero attached hydrogens (tertiary/aromatic N) is 1. The molecule has 2 aromatic rings. The van der Waals surface area contributed by atoms with E-state index in [4.69, 9.17) is 5.73 Å². The van der Waals surface area contributed by atoms with Crippen LogP contribution in [0, 0.1) is 0 Å². The third kappa shape index (κ3) is 4.59. The topological polar surface area (TPSA) is 75.4 Å². The Hall–Kier alpha value is -2.82. The average Bonchev–Trinajstić information content (AvgIpc) is 2.61. The first-order chi connectivity index (χ1) is 11.5. The van der Waals surface area contributed by atoms with Crippen LogP contribution in [0.4, 0.5) is 4.79 Å². The fourth-order valence-corrected chi connectivity index (χ4v) is 2.60. The maximum atomic E-state index is 12.7. The lowest BCUT2D eigenvalue weighted by Gasteiger charge is -2.27. The number of nitrogens with one attached hydrogen (secondary N) is 1. The summed E-state index contributed by atoms with van der Waals surface area (Å²) in [5.74, 6) is -0.0612. The van der Waals surface area contributed by atoms with Gasteiger partial charge in [-0.3, -0.25) is 4.79 Å². The molecule has 0 spiro atoms. The van der Waals surface area contributed by atoms with Crippen LogP contribution in [0.2, 0.25) is 0 Å². The molecule has 0 radical (unpaired) electrons. The van der Waals surface area contributed by atoms with E-state index in [1.54, 1.807) is 11.9 Å². The zero-order valence-corrected chi connectivity index (χ0v) is 14.0. The molecule has 5 heteroatoms. The van der Waals surface area contributed by atoms with Crippen LogP contribution in [-0.4, -0.2) is 23.9 Å². The van der Waals surface area contributed by atoms with Crippen LogP contribution in [0.25, 0.3) is 0 Å². The van der Waals surface area contributed by atoms with Crippen LogP contribution >= 0.6 is 0 Å². The normalized spacial score (nSPS) is 12.9. The smallest absolute Gasteiger partial charge is 0.312 e. The molecular weight excluding hydrogens is 302 g/mol. The fraction of sp³-hybridized carbons (Fsp3) is 0.263. The number of carbonyl (C=O) groups is 2. The number of nitrogens with two attached hydrogens (primary N) is 1. The van der Waals surface area contributed by atoms with Crippen molar-refractivity contribution in [2.24, 2.45) is 5.73 Å². The first-order valence-corrected chi connectivity index (χ1v) is 7.90. The molecule has 2 aromatic carbocycles. The Labute approximate surface area is 142 Å². The summed E-state index contributed by atoms with van der Waals surface area (Å²) in [7, 11) is 1.77. The van der Waals surface area contributed by atoms with Gasteiger partial charge in [0.2, 0.25) is 5.91 Å². The average molecular weight is 325 g/mol. The van der Waals surface area contributed by atoms with E-state index in [9.17, 15) is 9.59 Å². The molecule has 0 aliphatic heterocycles. The lowest BCUT2D eigenvalue weighted by Crippen LogP contribution is -2.37. The zero-order valence-electron chi connectivity index (χ0n) is 14.0. The third-order valence-corrected chi connectivity index (χ3v) is 4.15. The SMILES string of the molecule is CC(c1ccccc1)N(C)C(=O)CC(NC(N)=O)c1ccccc1. The van der Waals surface area contributed by atoms with E-state index in [0.29, 0.717) is 0 Å². The summed E-state index contributed by atoms with van der Waals surface area (Å²) >= 11 is 0. The van der Waals surface area contributed by atoms with Crippen LogP contribution in [0.5, 0.6) is 0 Å². The van der Waals surface area contributed by atoms with Gasteiger partial charge in [0.25, 0.3) is 0 Å². The van der Waals surface area contributed by atoms with Gasteiger partial charge in [0, 0.05) is 7.05 Å². The number of amides is 3. The standard InChI is InChI=1S/C19H23N3O2/c1-14(15-9-5-3-6-10-15)22(2)18(23)13-17(21-19(20)24)16-11-7-4-8-12-16/h3-12,14,17H,13H2,1-2H3,(H3,20,21,24). The van der Waals surface area contributed by atoms with E-state index < -0.39 is 12.1 Å². The molecule has 3 amide bonds. The molecule has 0 saturated carbocycles. The first kappa shape index (κ1) is 17.5. The second-order valence-corrected chi connectivity index (χ2v) is 5.77. The van der Waals surface area contributed by atoms with Crippen molar-refractivity contribution in [3.63, 3.8) is 0 Å². The summed E-state index contributed by atoms with van der Waals surface area (Å²) in [6.07, 6.45) is 0.153. The molecule has 0 heterocycles. The van der Waals surface area contributed by atoms with Gasteiger partial charge in [-0.15, -0.1) is 0 Å². The van der Waals surface area contributed by atoms with Crippen LogP contribution in [-0.2, 0) is 4.79 Å². The quantitative estimate of drug-likeness (QED) is 0.856. The van der Waals surface area contributed by atoms with Crippen molar-refractivity contribution < 1.29 is 9.59 Å². The van der Waals surface area contributed by atoms with Crippen molar-refractivity contribution in [3.8, 4) is 0 Å². The lowest BCUT2D eigenvalue weighted by atomic mass is 10.0. The summed E-state index contributed by atoms with van der Waals surface area (Å²) in [5, 5.41) is 2.65. The van der Waals surface area contributed by atoms with Crippen LogP contribution in [0.15, 0.2) is 60.7 Å². The number of rotatable bonds is 6. The molecule has 0 saturated heterocycles. The van der Waals surface area contributed by atoms with Crippen LogP contribution < -0.4 is 11.1 Å². The van der Waals surface area contributed by atoms with Crippen molar-refractivity contribution >= 4 is 11.9 Å². The summed E-state index contributed by atoms with van der Waals surface area (Å²) < 4.78 is 0. The van der Waals surface area contributed by atoms with E-state index in [1.807, 2.05) is 67.6 Å². The predicted molar refractivity (Wildman–Crippen MR) is 94.1 cm³/mol. The molecular formula is C19H23N3O2. The summed E-state index contributed by atoms with van der Waals surface area (Å²) in [4.78, 5) is 25.6. The Morgan fingerprint density at radius 3 is 2.00 bits per heavy atom. The highest BCUT2D eigenvalue weighted by Crippen LogP contribution is 2.22. The van der Waals surface area contributed by atoms with Gasteiger partial charge in [0.1, 0.15) is 0 Å². The number of urea groups is 1. The molecule has 0 bridgehead atoms. The minimum Gasteiger partial charge on any atom is -0.352 e. The highest BCUT2D eigenvalue weighted by Gasteiger charge is 2.22. The van der Waals surface area contributed by atoms with Gasteiger partial charge in [-0.1, -0.05) is 60.7 Å². The highest BCUT2D eigenvalue weighted by atomic mass is 16.2. The summed E-state index contributed by atoms with van der Waals surface area (Å²) in [6.45, 7) is 1.98. The molecule has 0 aliphatic rings. The monoisotopic (exact) mass is 325 g/mol. The van der Waals surface area contributed by atoms with E-state index in [2.05, 4.69) is 5.32 Å². The van der Waals surface area contributed by atoms with Crippen LogP contribution in [0.3, 0.4) is 0 Å². The molecule has 2 rings (SSSR count). The van der Waals surface area contributed by atoms with Gasteiger partial charge in [0.15, 0.2) is 0 Å². The van der Waals surface area contributed by atoms with E-state index >= 15 is 0 Å². The van der Waals surface area contributed by atoms with Gasteiger partial charge < -0.3 is 16.0 Å². The molecule has 24 heavy (non-hydrogen) atoms. The molecule has 2 unspecified atom stereocenters. The number of benzene rings is 2. The van der Waals surface area contributed by atoms with Crippen molar-refractivity contribution in [3.05, 3.63) is 71.8 Å². The van der Waals surface area contributed by atoms with Gasteiger partial charge in [0.05, 0.1) is 18.5 Å². The number of hydrogen-bond donors (Lipinski definition) is 2. The minimum absolute atomic E-state index is 0.0521. The molecule has 126 valence electrons. The van der Waals surface area contributed by atoms with Crippen molar-refractivity contribution in [1.29, 1.82) is 0 Å². The Morgan fingerprint density at radius 1 is 1.00 bits per heavy atom. The molecule has 0 fully saturated rings. The number of hydrogen-bond acceptors (Lipinski definition) is 2. The number of primary amides is 1. The maximum Gasteiger partial charge on any atom is 0.312 e. The van der Waals surface area contributed by atoms with Crippen molar-refractivity contribution in [2.45, 2.75) is 25.4 Å². The van der Waals surface area contributed by atoms with Gasteiger partial charge >= 0.3 is 6.03 Å². The lowest BCUT2D eigenvalue weighted by molar-refractivity contribution is -0.132. The van der Waals surface area contributed by atoms with Crippen LogP contribution in [0.1, 0.15) is 36.6 Å². The molecule has 2 atom stereocenters. The molecule has 0 aliphatic carbocycles. The third-order valence-electron chi connectivity index (χ3n) is 4.15. The van der Waals surface area contributed by atoms with Gasteiger partial charge in [-0.05, 0) is 18.1 Å². The van der Waals surface area contributed by atoms with Crippen molar-refractivity contribution in [1.82, 2.24) is 10.2 Å². The Bertz CT molecular complexity index is 674. The maximum absolute atomic E-state index is 12.7. The van der Waals surface area contributed by atoms with E-state index in [1.165, 1.54) is 0 Å². The van der Waals surface area contributed by atoms with E-state index in [0.717, 1.165) is 11.1 Å². The number of carbonyl (C=O) groups excluding carboxylic acids is 2. The second kappa shape index (κ2) is 8.15. The van der Waals surface area contributed by atoms with Gasteiger partial charge in [-0.2, -0.15) is 0 Å². The first-order valence-electron chi connectivity index (χ1n) is 7.90. The predicted octanol–water partition coefficient (Wildman–Crippen LogP) is 3.01. The van der Waals surface area contributed by atoms with E-state index in [-0.39, 0.29) is 18.4 Å². The Kier molecular flexibility index (Phi) is 5.95. The molecule has 0 aromatic heterocycles. The Balaban J connectivity index is 2.10. The summed E-state index contributed by atoms with van der Waals surface area (Å²) in [5.41, 5.74) is 7.17. The second-order valence-electron chi connectivity index (χ2n) is 5.77. The summed E-state index contributed by atoms with van der Waals surface area (Å²) in [6, 6.07) is 18.0.